The number of pyridine rings is 1. The van der Waals surface area contributed by atoms with Gasteiger partial charge in [-0.1, -0.05) is 6.07 Å². The lowest BCUT2D eigenvalue weighted by molar-refractivity contribution is 0.174. The van der Waals surface area contributed by atoms with Crippen molar-refractivity contribution in [3.05, 3.63) is 66.4 Å². The van der Waals surface area contributed by atoms with Crippen LogP contribution < -0.4 is 19.5 Å². The maximum atomic E-state index is 12.6. The lowest BCUT2D eigenvalue weighted by atomic mass is 10.2. The van der Waals surface area contributed by atoms with E-state index in [2.05, 4.69) is 21.1 Å². The minimum absolute atomic E-state index is 0.0501. The van der Waals surface area contributed by atoms with Crippen LogP contribution >= 0.6 is 0 Å². The average Bonchev–Trinajstić information content (AvgIpc) is 3.17. The highest BCUT2D eigenvalue weighted by molar-refractivity contribution is 7.92. The summed E-state index contributed by atoms with van der Waals surface area (Å²) in [4.78, 5) is 4.18. The fourth-order valence-electron chi connectivity index (χ4n) is 2.60. The van der Waals surface area contributed by atoms with Crippen LogP contribution in [-0.4, -0.2) is 20.2 Å². The third kappa shape index (κ3) is 3.67. The van der Waals surface area contributed by atoms with Crippen molar-refractivity contribution in [2.45, 2.75) is 4.90 Å². The summed E-state index contributed by atoms with van der Waals surface area (Å²) in [7, 11) is -3.82. The molecule has 2 aromatic carbocycles. The first-order chi connectivity index (χ1) is 13.5. The molecule has 3 aromatic rings. The molecule has 1 aliphatic heterocycles. The van der Waals surface area contributed by atoms with Crippen molar-refractivity contribution in [3.8, 4) is 17.6 Å². The van der Waals surface area contributed by atoms with E-state index in [1.807, 2.05) is 6.07 Å². The summed E-state index contributed by atoms with van der Waals surface area (Å²) in [6.45, 7) is 0.0690. The molecule has 0 bridgehead atoms. The highest BCUT2D eigenvalue weighted by Crippen LogP contribution is 2.34. The number of ether oxygens (including phenoxy) is 2. The normalized spacial score (nSPS) is 12.2. The number of nitrogens with zero attached hydrogens (tertiary/aromatic N) is 2. The molecule has 140 valence electrons. The van der Waals surface area contributed by atoms with Gasteiger partial charge in [-0.25, -0.2) is 13.4 Å². The number of nitrogens with one attached hydrogen (secondary N) is 2. The Bertz CT molecular complexity index is 1170. The summed E-state index contributed by atoms with van der Waals surface area (Å²) in [6, 6.07) is 16.7. The van der Waals surface area contributed by atoms with E-state index < -0.39 is 10.0 Å². The van der Waals surface area contributed by atoms with E-state index in [1.165, 1.54) is 18.3 Å². The Morgan fingerprint density at radius 1 is 1.00 bits per heavy atom. The molecule has 4 rings (SSSR count). The van der Waals surface area contributed by atoms with E-state index in [9.17, 15) is 8.42 Å². The summed E-state index contributed by atoms with van der Waals surface area (Å²) in [6.07, 6.45) is 1.50. The smallest absolute Gasteiger partial charge is 0.263 e. The summed E-state index contributed by atoms with van der Waals surface area (Å²) in [5.74, 6) is 1.07. The van der Waals surface area contributed by atoms with Gasteiger partial charge in [0.25, 0.3) is 10.0 Å². The number of rotatable bonds is 5. The lowest BCUT2D eigenvalue weighted by Crippen LogP contribution is -2.13. The number of benzene rings is 2. The molecule has 1 aromatic heterocycles. The molecule has 2 heterocycles. The number of sulfonamides is 1. The van der Waals surface area contributed by atoms with Gasteiger partial charge in [0, 0.05) is 11.8 Å². The van der Waals surface area contributed by atoms with Gasteiger partial charge < -0.3 is 14.8 Å². The quantitative estimate of drug-likeness (QED) is 0.683. The second kappa shape index (κ2) is 7.09. The van der Waals surface area contributed by atoms with Gasteiger partial charge in [0.2, 0.25) is 6.79 Å². The monoisotopic (exact) mass is 394 g/mol. The van der Waals surface area contributed by atoms with Crippen molar-refractivity contribution in [2.24, 2.45) is 0 Å². The Balaban J connectivity index is 1.48. The SMILES string of the molecule is N#Cc1cccc(Nc2ccc(NS(=O)(=O)c3ccc4c(c3)OCO4)nc2)c1. The fraction of sp³-hybridized carbons (Fsp3) is 0.0526. The predicted octanol–water partition coefficient (Wildman–Crippen LogP) is 3.23. The molecule has 0 unspecified atom stereocenters. The molecule has 2 N–H and O–H groups in total. The Morgan fingerprint density at radius 2 is 1.86 bits per heavy atom. The van der Waals surface area contributed by atoms with E-state index in [0.29, 0.717) is 22.7 Å². The van der Waals surface area contributed by atoms with Crippen LogP contribution in [0.5, 0.6) is 11.5 Å². The van der Waals surface area contributed by atoms with Gasteiger partial charge in [-0.3, -0.25) is 4.72 Å². The van der Waals surface area contributed by atoms with Crippen LogP contribution in [0.3, 0.4) is 0 Å². The van der Waals surface area contributed by atoms with Crippen molar-refractivity contribution in [1.29, 1.82) is 5.26 Å². The summed E-state index contributed by atoms with van der Waals surface area (Å²) in [5, 5.41) is 12.1. The summed E-state index contributed by atoms with van der Waals surface area (Å²) >= 11 is 0. The third-order valence-electron chi connectivity index (χ3n) is 3.94. The van der Waals surface area contributed by atoms with Crippen LogP contribution in [-0.2, 0) is 10.0 Å². The van der Waals surface area contributed by atoms with Crippen molar-refractivity contribution >= 4 is 27.2 Å². The molecule has 0 amide bonds. The number of nitriles is 1. The highest BCUT2D eigenvalue weighted by Gasteiger charge is 2.20. The van der Waals surface area contributed by atoms with Crippen LogP contribution in [0.2, 0.25) is 0 Å². The van der Waals surface area contributed by atoms with Gasteiger partial charge in [0.05, 0.1) is 28.4 Å². The Labute approximate surface area is 161 Å². The third-order valence-corrected chi connectivity index (χ3v) is 5.29. The number of hydrogen-bond donors (Lipinski definition) is 2. The largest absolute Gasteiger partial charge is 0.454 e. The van der Waals surface area contributed by atoms with Gasteiger partial charge >= 0.3 is 0 Å². The molecule has 0 saturated carbocycles. The lowest BCUT2D eigenvalue weighted by Gasteiger charge is -2.10. The van der Waals surface area contributed by atoms with Crippen LogP contribution in [0.15, 0.2) is 65.7 Å². The van der Waals surface area contributed by atoms with Gasteiger partial charge in [0.1, 0.15) is 5.82 Å². The topological polar surface area (TPSA) is 113 Å². The maximum absolute atomic E-state index is 12.6. The molecular formula is C19H14N4O4S. The molecule has 0 aliphatic carbocycles. The maximum Gasteiger partial charge on any atom is 0.263 e. The second-order valence-corrected chi connectivity index (χ2v) is 7.55. The highest BCUT2D eigenvalue weighted by atomic mass is 32.2. The molecule has 0 atom stereocenters. The molecular weight excluding hydrogens is 380 g/mol. The molecule has 28 heavy (non-hydrogen) atoms. The molecule has 0 radical (unpaired) electrons. The standard InChI is InChI=1S/C19H14N4O4S/c20-10-13-2-1-3-14(8-13)22-15-4-7-19(21-11-15)23-28(24,25)16-5-6-17-18(9-16)27-12-26-17/h1-9,11,22H,12H2,(H,21,23). The zero-order valence-corrected chi connectivity index (χ0v) is 15.2. The summed E-state index contributed by atoms with van der Waals surface area (Å²) in [5.41, 5.74) is 1.92. The Hall–Kier alpha value is -3.77. The Kier molecular flexibility index (Phi) is 4.47. The number of aromatic nitrogens is 1. The van der Waals surface area contributed by atoms with Crippen LogP contribution in [0.1, 0.15) is 5.56 Å². The fourth-order valence-corrected chi connectivity index (χ4v) is 3.63. The molecule has 8 nitrogen and oxygen atoms in total. The van der Waals surface area contributed by atoms with Gasteiger partial charge in [0.15, 0.2) is 11.5 Å². The van der Waals surface area contributed by atoms with E-state index in [-0.39, 0.29) is 17.5 Å². The van der Waals surface area contributed by atoms with Crippen molar-refractivity contribution < 1.29 is 17.9 Å². The molecule has 0 saturated heterocycles. The van der Waals surface area contributed by atoms with Crippen LogP contribution in [0.4, 0.5) is 17.2 Å². The predicted molar refractivity (Wildman–Crippen MR) is 102 cm³/mol. The molecule has 1 aliphatic rings. The van der Waals surface area contributed by atoms with Crippen LogP contribution in [0, 0.1) is 11.3 Å². The minimum atomic E-state index is -3.82. The number of fused-ring (bicyclic) bond motifs is 1. The van der Waals surface area contributed by atoms with Crippen molar-refractivity contribution in [1.82, 2.24) is 4.98 Å². The minimum Gasteiger partial charge on any atom is -0.454 e. The average molecular weight is 394 g/mol. The number of hydrogen-bond acceptors (Lipinski definition) is 7. The van der Waals surface area contributed by atoms with Crippen LogP contribution in [0.25, 0.3) is 0 Å². The number of anilines is 3. The van der Waals surface area contributed by atoms with E-state index >= 15 is 0 Å². The molecule has 9 heteroatoms. The van der Waals surface area contributed by atoms with E-state index in [1.54, 1.807) is 36.4 Å². The first-order valence-electron chi connectivity index (χ1n) is 8.19. The summed E-state index contributed by atoms with van der Waals surface area (Å²) < 4.78 is 37.9. The van der Waals surface area contributed by atoms with Crippen molar-refractivity contribution in [3.63, 3.8) is 0 Å². The van der Waals surface area contributed by atoms with E-state index in [4.69, 9.17) is 14.7 Å². The zero-order chi connectivity index (χ0) is 19.6. The van der Waals surface area contributed by atoms with Gasteiger partial charge in [-0.15, -0.1) is 0 Å². The van der Waals surface area contributed by atoms with Gasteiger partial charge in [-0.05, 0) is 42.5 Å². The second-order valence-electron chi connectivity index (χ2n) is 5.87. The Morgan fingerprint density at radius 3 is 2.64 bits per heavy atom. The molecule has 0 spiro atoms. The first-order valence-corrected chi connectivity index (χ1v) is 9.67. The first kappa shape index (κ1) is 17.6. The van der Waals surface area contributed by atoms with Gasteiger partial charge in [-0.2, -0.15) is 5.26 Å². The molecule has 0 fully saturated rings. The van der Waals surface area contributed by atoms with E-state index in [0.717, 1.165) is 5.69 Å². The van der Waals surface area contributed by atoms with Crippen molar-refractivity contribution in [2.75, 3.05) is 16.8 Å². The zero-order valence-electron chi connectivity index (χ0n) is 14.4.